The van der Waals surface area contributed by atoms with E-state index in [0.717, 1.165) is 25.0 Å². The monoisotopic (exact) mass is 214 g/mol. The van der Waals surface area contributed by atoms with Gasteiger partial charge in [0, 0.05) is 0 Å². The van der Waals surface area contributed by atoms with Gasteiger partial charge in [-0.3, -0.25) is 0 Å². The fraction of sp³-hybridized carbons (Fsp3) is 0.889. The molecule has 0 rings (SSSR count). The molecule has 0 bridgehead atoms. The second kappa shape index (κ2) is 10.0. The van der Waals surface area contributed by atoms with Crippen molar-refractivity contribution in [3.63, 3.8) is 0 Å². The van der Waals surface area contributed by atoms with E-state index in [1.54, 1.807) is 0 Å². The fourth-order valence-corrected chi connectivity index (χ4v) is 1.62. The van der Waals surface area contributed by atoms with Crippen LogP contribution in [0.4, 0.5) is 0 Å². The molecule has 80 valence electrons. The average Bonchev–Trinajstić information content (AvgIpc) is 2.01. The summed E-state index contributed by atoms with van der Waals surface area (Å²) in [6, 6.07) is 0. The summed E-state index contributed by atoms with van der Waals surface area (Å²) < 4.78 is 28.9. The molecule has 0 aromatic carbocycles. The van der Waals surface area contributed by atoms with Crippen LogP contribution in [0.1, 0.15) is 51.9 Å². The van der Waals surface area contributed by atoms with E-state index in [-0.39, 0.29) is 18.9 Å². The number of hydrogen-bond acceptors (Lipinski definition) is 2. The molecule has 14 heavy (non-hydrogen) atoms. The van der Waals surface area contributed by atoms with Crippen LogP contribution in [0.5, 0.6) is 0 Å². The van der Waals surface area contributed by atoms with Gasteiger partial charge in [0.25, 0.3) is 0 Å². The molecule has 0 unspecified atom stereocenters. The molecule has 1 N–H and O–H groups in total. The third-order valence-electron chi connectivity index (χ3n) is 1.89. The van der Waals surface area contributed by atoms with Gasteiger partial charge in [0.1, 0.15) is 10.1 Å². The summed E-state index contributed by atoms with van der Waals surface area (Å²) in [4.78, 5) is 0. The van der Waals surface area contributed by atoms with E-state index in [0.29, 0.717) is 6.42 Å². The van der Waals surface area contributed by atoms with Crippen LogP contribution in [-0.2, 0) is 10.1 Å². The predicted octanol–water partition coefficient (Wildman–Crippen LogP) is -0.209. The van der Waals surface area contributed by atoms with Gasteiger partial charge in [0.2, 0.25) is 0 Å². The Morgan fingerprint density at radius 1 is 1.07 bits per heavy atom. The standard InChI is InChI=1S/C9H19O3S.Li/c1-2-3-4-5-6-7-8-9-13(10,11)12;/h9H,2-8H2,1H3,(H,10,11,12);/q-1;+1. The Morgan fingerprint density at radius 3 is 2.07 bits per heavy atom. The van der Waals surface area contributed by atoms with Gasteiger partial charge in [-0.2, -0.15) is 12.2 Å². The van der Waals surface area contributed by atoms with Gasteiger partial charge in [0.05, 0.1) is 0 Å². The minimum absolute atomic E-state index is 0. The molecule has 3 nitrogen and oxygen atoms in total. The Kier molecular flexibility index (Phi) is 12.1. The van der Waals surface area contributed by atoms with Gasteiger partial charge in [0.15, 0.2) is 0 Å². The molecular formula is C9H19LiO3S. The topological polar surface area (TPSA) is 54.4 Å². The largest absolute Gasteiger partial charge is 1.00 e. The summed E-state index contributed by atoms with van der Waals surface area (Å²) in [6.07, 6.45) is 7.22. The SMILES string of the molecule is CCCCCCCC[CH-]S(=O)(=O)O.[Li+]. The van der Waals surface area contributed by atoms with Crippen molar-refractivity contribution in [2.24, 2.45) is 0 Å². The molecule has 0 amide bonds. The van der Waals surface area contributed by atoms with E-state index < -0.39 is 10.1 Å². The molecule has 0 aromatic heterocycles. The van der Waals surface area contributed by atoms with Crippen molar-refractivity contribution in [2.75, 3.05) is 0 Å². The molecule has 0 aromatic rings. The van der Waals surface area contributed by atoms with Crippen molar-refractivity contribution >= 4 is 10.1 Å². The zero-order valence-electron chi connectivity index (χ0n) is 9.20. The van der Waals surface area contributed by atoms with E-state index >= 15 is 0 Å². The van der Waals surface area contributed by atoms with Crippen LogP contribution in [-0.4, -0.2) is 13.0 Å². The Morgan fingerprint density at radius 2 is 1.57 bits per heavy atom. The average molecular weight is 214 g/mol. The van der Waals surface area contributed by atoms with Crippen LogP contribution in [0, 0.1) is 5.75 Å². The van der Waals surface area contributed by atoms with Gasteiger partial charge in [-0.05, 0) is 0 Å². The zero-order valence-corrected chi connectivity index (χ0v) is 10.0. The molecule has 0 aliphatic rings. The normalized spacial score (nSPS) is 11.0. The first kappa shape index (κ1) is 16.9. The summed E-state index contributed by atoms with van der Waals surface area (Å²) in [5, 5.41) is 0. The minimum Gasteiger partial charge on any atom is -0.309 e. The molecule has 0 saturated heterocycles. The quantitative estimate of drug-likeness (QED) is 0.263. The van der Waals surface area contributed by atoms with Crippen molar-refractivity contribution in [1.82, 2.24) is 0 Å². The smallest absolute Gasteiger partial charge is 0.309 e. The molecule has 0 spiro atoms. The summed E-state index contributed by atoms with van der Waals surface area (Å²) in [5.41, 5.74) is 0. The molecule has 0 fully saturated rings. The molecular weight excluding hydrogens is 195 g/mol. The zero-order chi connectivity index (χ0) is 10.2. The predicted molar refractivity (Wildman–Crippen MR) is 53.8 cm³/mol. The molecule has 0 aliphatic heterocycles. The molecule has 0 saturated carbocycles. The molecule has 0 heterocycles. The van der Waals surface area contributed by atoms with Crippen molar-refractivity contribution in [2.45, 2.75) is 51.9 Å². The van der Waals surface area contributed by atoms with Gasteiger partial charge in [-0.25, -0.2) is 8.42 Å². The summed E-state index contributed by atoms with van der Waals surface area (Å²) in [6.45, 7) is 2.16. The van der Waals surface area contributed by atoms with Crippen molar-refractivity contribution in [3.05, 3.63) is 5.75 Å². The second-order valence-electron chi connectivity index (χ2n) is 3.24. The minimum atomic E-state index is -3.85. The number of hydrogen-bond donors (Lipinski definition) is 1. The first-order valence-corrected chi connectivity index (χ1v) is 6.37. The van der Waals surface area contributed by atoms with E-state index in [1.807, 2.05) is 0 Å². The number of unbranched alkanes of at least 4 members (excludes halogenated alkanes) is 6. The molecule has 5 heteroatoms. The Labute approximate surface area is 99.6 Å². The summed E-state index contributed by atoms with van der Waals surface area (Å²) >= 11 is 0. The van der Waals surface area contributed by atoms with Crippen LogP contribution in [0.3, 0.4) is 0 Å². The Hall–Kier alpha value is 0.507. The van der Waals surface area contributed by atoms with E-state index in [4.69, 9.17) is 4.55 Å². The van der Waals surface area contributed by atoms with Gasteiger partial charge in [-0.15, -0.1) is 0 Å². The van der Waals surface area contributed by atoms with Crippen LogP contribution in [0.15, 0.2) is 0 Å². The van der Waals surface area contributed by atoms with E-state index in [9.17, 15) is 8.42 Å². The first-order valence-electron chi connectivity index (χ1n) is 4.87. The third-order valence-corrected chi connectivity index (χ3v) is 2.54. The van der Waals surface area contributed by atoms with Crippen LogP contribution >= 0.6 is 0 Å². The van der Waals surface area contributed by atoms with Gasteiger partial charge < -0.3 is 4.55 Å². The van der Waals surface area contributed by atoms with Crippen LogP contribution in [0.2, 0.25) is 0 Å². The van der Waals surface area contributed by atoms with Crippen molar-refractivity contribution < 1.29 is 31.8 Å². The Balaban J connectivity index is 0. The van der Waals surface area contributed by atoms with Gasteiger partial charge in [-0.1, -0.05) is 45.4 Å². The first-order chi connectivity index (χ1) is 6.06. The molecule has 0 aliphatic carbocycles. The second-order valence-corrected chi connectivity index (χ2v) is 4.60. The maximum Gasteiger partial charge on any atom is 1.00 e. The van der Waals surface area contributed by atoms with E-state index in [1.165, 1.54) is 19.3 Å². The maximum atomic E-state index is 10.3. The molecule has 0 radical (unpaired) electrons. The van der Waals surface area contributed by atoms with Crippen LogP contribution in [0.25, 0.3) is 0 Å². The maximum absolute atomic E-state index is 10.3. The third kappa shape index (κ3) is 15.0. The van der Waals surface area contributed by atoms with Crippen molar-refractivity contribution in [1.29, 1.82) is 0 Å². The fourth-order valence-electron chi connectivity index (χ4n) is 1.16. The van der Waals surface area contributed by atoms with Gasteiger partial charge >= 0.3 is 18.9 Å². The van der Waals surface area contributed by atoms with E-state index in [2.05, 4.69) is 6.92 Å². The number of rotatable bonds is 8. The summed E-state index contributed by atoms with van der Waals surface area (Å²) in [5.74, 6) is 0.979. The molecule has 0 atom stereocenters. The van der Waals surface area contributed by atoms with Crippen molar-refractivity contribution in [3.8, 4) is 0 Å². The van der Waals surface area contributed by atoms with Crippen LogP contribution < -0.4 is 18.9 Å². The summed E-state index contributed by atoms with van der Waals surface area (Å²) in [7, 11) is -3.85. The Bertz CT molecular complexity index is 202.